The van der Waals surface area contributed by atoms with Crippen molar-refractivity contribution < 1.29 is 24.2 Å². The van der Waals surface area contributed by atoms with Crippen molar-refractivity contribution in [2.75, 3.05) is 18.4 Å². The van der Waals surface area contributed by atoms with Crippen molar-refractivity contribution in [2.45, 2.75) is 25.5 Å². The second-order valence-corrected chi connectivity index (χ2v) is 9.66. The summed E-state index contributed by atoms with van der Waals surface area (Å²) in [5.74, 6) is 0.582. The van der Waals surface area contributed by atoms with Gasteiger partial charge < -0.3 is 14.6 Å². The van der Waals surface area contributed by atoms with Gasteiger partial charge >= 0.3 is 12.1 Å². The van der Waals surface area contributed by atoms with Crippen molar-refractivity contribution in [2.24, 2.45) is 11.8 Å². The summed E-state index contributed by atoms with van der Waals surface area (Å²) in [7, 11) is 0. The van der Waals surface area contributed by atoms with Crippen LogP contribution in [0.1, 0.15) is 18.4 Å². The van der Waals surface area contributed by atoms with Crippen molar-refractivity contribution in [3.63, 3.8) is 0 Å². The van der Waals surface area contributed by atoms with Crippen LogP contribution in [0.5, 0.6) is 5.75 Å². The lowest BCUT2D eigenvalue weighted by molar-refractivity contribution is -0.131. The number of rotatable bonds is 8. The Morgan fingerprint density at radius 3 is 2.43 bits per heavy atom. The van der Waals surface area contributed by atoms with E-state index in [-0.39, 0.29) is 6.10 Å². The highest BCUT2D eigenvalue weighted by atomic mass is 16.6. The number of nitrogens with one attached hydrogen (secondary N) is 1. The molecule has 7 nitrogen and oxygen atoms in total. The van der Waals surface area contributed by atoms with Crippen LogP contribution in [-0.4, -0.2) is 41.3 Å². The van der Waals surface area contributed by atoms with Crippen LogP contribution in [-0.2, 0) is 16.1 Å². The third-order valence-corrected chi connectivity index (χ3v) is 7.03. The first-order valence-corrected chi connectivity index (χ1v) is 12.5. The predicted octanol–water partition coefficient (Wildman–Crippen LogP) is 5.79. The number of amides is 1. The number of likely N-dealkylation sites (tertiary alicyclic amines) is 1. The lowest BCUT2D eigenvalue weighted by atomic mass is 10.0. The molecule has 0 spiro atoms. The molecule has 3 aromatic rings. The van der Waals surface area contributed by atoms with Gasteiger partial charge in [0.1, 0.15) is 11.9 Å². The number of nitrogens with zero attached hydrogens (tertiary/aromatic N) is 1. The van der Waals surface area contributed by atoms with Gasteiger partial charge in [0.25, 0.3) is 0 Å². The molecule has 1 amide bonds. The Labute approximate surface area is 216 Å². The summed E-state index contributed by atoms with van der Waals surface area (Å²) in [5.41, 5.74) is 3.87. The zero-order chi connectivity index (χ0) is 25.6. The summed E-state index contributed by atoms with van der Waals surface area (Å²) < 4.78 is 11.2. The van der Waals surface area contributed by atoms with Crippen LogP contribution in [0.2, 0.25) is 0 Å². The van der Waals surface area contributed by atoms with Gasteiger partial charge in [-0.25, -0.2) is 9.59 Å². The molecular weight excluding hydrogens is 468 g/mol. The van der Waals surface area contributed by atoms with Crippen molar-refractivity contribution in [3.8, 4) is 16.9 Å². The summed E-state index contributed by atoms with van der Waals surface area (Å²) in [6, 6.07) is 25.4. The van der Waals surface area contributed by atoms with Crippen LogP contribution in [0.15, 0.2) is 91.2 Å². The van der Waals surface area contributed by atoms with Crippen molar-refractivity contribution in [3.05, 3.63) is 96.8 Å². The summed E-state index contributed by atoms with van der Waals surface area (Å²) in [4.78, 5) is 25.8. The monoisotopic (exact) mass is 498 g/mol. The van der Waals surface area contributed by atoms with E-state index in [4.69, 9.17) is 14.6 Å². The smallest absolute Gasteiger partial charge is 0.411 e. The average Bonchev–Trinajstić information content (AvgIpc) is 3.42. The molecule has 5 rings (SSSR count). The van der Waals surface area contributed by atoms with E-state index < -0.39 is 12.1 Å². The zero-order valence-corrected chi connectivity index (χ0v) is 20.5. The van der Waals surface area contributed by atoms with E-state index in [2.05, 4.69) is 10.2 Å². The number of carbonyl (C=O) groups is 2. The molecule has 2 N–H and O–H groups in total. The Bertz CT molecular complexity index is 1260. The minimum Gasteiger partial charge on any atom is -0.478 e. The highest BCUT2D eigenvalue weighted by Gasteiger charge is 2.42. The lowest BCUT2D eigenvalue weighted by Crippen LogP contribution is -2.25. The second-order valence-electron chi connectivity index (χ2n) is 9.66. The number of carboxylic acid groups (broad SMARTS) is 1. The molecule has 1 unspecified atom stereocenters. The molecule has 1 aliphatic carbocycles. The normalized spacial score (nSPS) is 21.0. The maximum absolute atomic E-state index is 12.7. The molecule has 1 saturated heterocycles. The molecule has 3 atom stereocenters. The quantitative estimate of drug-likeness (QED) is 0.302. The number of para-hydroxylation sites is 1. The summed E-state index contributed by atoms with van der Waals surface area (Å²) >= 11 is 0. The lowest BCUT2D eigenvalue weighted by Gasteiger charge is -2.20. The Kier molecular flexibility index (Phi) is 7.51. The van der Waals surface area contributed by atoms with E-state index in [1.807, 2.05) is 72.8 Å². The van der Waals surface area contributed by atoms with Gasteiger partial charge in [0.2, 0.25) is 0 Å². The SMILES string of the molecule is O=C(O)/C=C/Oc1cccc(CN2C[C@H]3CC(OC(=O)Nc4ccccc4-c4ccccc4)C[C@H]3C2)c1. The first kappa shape index (κ1) is 24.6. The molecule has 1 heterocycles. The maximum Gasteiger partial charge on any atom is 0.411 e. The highest BCUT2D eigenvalue weighted by molar-refractivity contribution is 5.91. The number of fused-ring (bicyclic) bond motifs is 1. The fourth-order valence-electron chi connectivity index (χ4n) is 5.47. The van der Waals surface area contributed by atoms with Gasteiger partial charge in [-0.1, -0.05) is 60.7 Å². The molecule has 2 fully saturated rings. The predicted molar refractivity (Wildman–Crippen MR) is 141 cm³/mol. The third-order valence-electron chi connectivity index (χ3n) is 7.03. The van der Waals surface area contributed by atoms with Gasteiger partial charge in [-0.15, -0.1) is 0 Å². The molecule has 2 aliphatic rings. The van der Waals surface area contributed by atoms with E-state index in [9.17, 15) is 9.59 Å². The van der Waals surface area contributed by atoms with Crippen LogP contribution in [0.3, 0.4) is 0 Å². The Morgan fingerprint density at radius 1 is 0.946 bits per heavy atom. The number of carboxylic acids is 1. The van der Waals surface area contributed by atoms with Gasteiger partial charge in [-0.05, 0) is 54.0 Å². The summed E-state index contributed by atoms with van der Waals surface area (Å²) in [6.45, 7) is 2.73. The van der Waals surface area contributed by atoms with Gasteiger partial charge in [-0.3, -0.25) is 10.2 Å². The fourth-order valence-corrected chi connectivity index (χ4v) is 5.47. The molecule has 3 aromatic carbocycles. The van der Waals surface area contributed by atoms with E-state index in [0.29, 0.717) is 17.6 Å². The highest BCUT2D eigenvalue weighted by Crippen LogP contribution is 2.40. The molecule has 0 bridgehead atoms. The minimum atomic E-state index is -1.04. The maximum atomic E-state index is 12.7. The number of carbonyl (C=O) groups excluding carboxylic acids is 1. The number of hydrogen-bond acceptors (Lipinski definition) is 5. The third kappa shape index (κ3) is 6.37. The number of aliphatic carboxylic acids is 1. The molecule has 37 heavy (non-hydrogen) atoms. The fraction of sp³-hybridized carbons (Fsp3) is 0.267. The van der Waals surface area contributed by atoms with E-state index in [1.54, 1.807) is 6.07 Å². The Hall–Kier alpha value is -4.10. The first-order valence-electron chi connectivity index (χ1n) is 12.5. The standard InChI is InChI=1S/C30H30N2O5/c33-29(34)13-14-36-25-10-6-7-21(15-25)18-32-19-23-16-26(17-24(23)20-32)37-30(35)31-28-12-5-4-11-27(28)22-8-2-1-3-9-22/h1-15,23-24,26H,16-20H2,(H,31,35)(H,33,34)/b14-13+/t23-,24+,26?. The van der Waals surface area contributed by atoms with Crippen LogP contribution >= 0.6 is 0 Å². The van der Waals surface area contributed by atoms with Gasteiger partial charge in [0.15, 0.2) is 0 Å². The van der Waals surface area contributed by atoms with Crippen molar-refractivity contribution in [1.29, 1.82) is 0 Å². The molecule has 0 aromatic heterocycles. The van der Waals surface area contributed by atoms with Crippen molar-refractivity contribution in [1.82, 2.24) is 4.90 Å². The topological polar surface area (TPSA) is 88.1 Å². The van der Waals surface area contributed by atoms with E-state index in [0.717, 1.165) is 60.9 Å². The number of anilines is 1. The Morgan fingerprint density at radius 2 is 1.68 bits per heavy atom. The van der Waals surface area contributed by atoms with Gasteiger partial charge in [-0.2, -0.15) is 0 Å². The Balaban J connectivity index is 1.11. The van der Waals surface area contributed by atoms with Crippen LogP contribution in [0, 0.1) is 11.8 Å². The molecule has 1 aliphatic heterocycles. The van der Waals surface area contributed by atoms with Crippen LogP contribution in [0.4, 0.5) is 10.5 Å². The van der Waals surface area contributed by atoms with Crippen LogP contribution < -0.4 is 10.1 Å². The van der Waals surface area contributed by atoms with Crippen LogP contribution in [0.25, 0.3) is 11.1 Å². The van der Waals surface area contributed by atoms with Gasteiger partial charge in [0, 0.05) is 25.2 Å². The number of hydrogen-bond donors (Lipinski definition) is 2. The summed E-state index contributed by atoms with van der Waals surface area (Å²) in [5, 5.41) is 11.6. The zero-order valence-electron chi connectivity index (χ0n) is 20.5. The van der Waals surface area contributed by atoms with E-state index in [1.165, 1.54) is 6.26 Å². The largest absolute Gasteiger partial charge is 0.478 e. The minimum absolute atomic E-state index is 0.0706. The average molecular weight is 499 g/mol. The van der Waals surface area contributed by atoms with Gasteiger partial charge in [0.05, 0.1) is 18.0 Å². The number of benzene rings is 3. The van der Waals surface area contributed by atoms with E-state index >= 15 is 0 Å². The first-order chi connectivity index (χ1) is 18.0. The number of ether oxygens (including phenoxy) is 2. The second kappa shape index (κ2) is 11.3. The molecule has 190 valence electrons. The molecular formula is C30H30N2O5. The molecule has 0 radical (unpaired) electrons. The molecule has 1 saturated carbocycles. The molecule has 7 heteroatoms. The summed E-state index contributed by atoms with van der Waals surface area (Å²) in [6.07, 6.45) is 3.42. The van der Waals surface area contributed by atoms with Crippen molar-refractivity contribution >= 4 is 17.7 Å².